The average molecular weight is 158 g/mol. The first-order chi connectivity index (χ1) is 5.00. The zero-order chi connectivity index (χ0) is 9.02. The number of nitrogens with two attached hydrogens (primary N) is 1. The minimum Gasteiger partial charge on any atom is -0.409 e. The Hall–Kier alpha value is -0.730. The van der Waals surface area contributed by atoms with Crippen LogP contribution in [0.2, 0.25) is 0 Å². The van der Waals surface area contributed by atoms with E-state index in [1.807, 2.05) is 0 Å². The highest BCUT2D eigenvalue weighted by molar-refractivity contribution is 5.82. The monoisotopic (exact) mass is 158 g/mol. The molecule has 0 aliphatic heterocycles. The van der Waals surface area contributed by atoms with Crippen LogP contribution in [0.1, 0.15) is 27.7 Å². The SMILES string of the molecule is CC(C)C(/C(N)=N/O)C(C)C. The first-order valence-corrected chi connectivity index (χ1v) is 3.98. The van der Waals surface area contributed by atoms with Crippen LogP contribution in [0.5, 0.6) is 0 Å². The molecule has 0 saturated carbocycles. The van der Waals surface area contributed by atoms with E-state index < -0.39 is 0 Å². The molecule has 0 heterocycles. The number of amidine groups is 1. The molecule has 0 radical (unpaired) electrons. The Morgan fingerprint density at radius 2 is 1.55 bits per heavy atom. The van der Waals surface area contributed by atoms with E-state index in [1.165, 1.54) is 0 Å². The fourth-order valence-electron chi connectivity index (χ4n) is 1.52. The molecule has 3 N–H and O–H groups in total. The van der Waals surface area contributed by atoms with Crippen LogP contribution in [0.3, 0.4) is 0 Å². The van der Waals surface area contributed by atoms with Crippen molar-refractivity contribution >= 4 is 5.84 Å². The lowest BCUT2D eigenvalue weighted by molar-refractivity contribution is 0.299. The highest BCUT2D eigenvalue weighted by Crippen LogP contribution is 2.20. The summed E-state index contributed by atoms with van der Waals surface area (Å²) in [5, 5.41) is 11.5. The zero-order valence-electron chi connectivity index (χ0n) is 7.70. The van der Waals surface area contributed by atoms with Crippen LogP contribution in [0.4, 0.5) is 0 Å². The molecule has 0 rings (SSSR count). The first kappa shape index (κ1) is 10.3. The number of nitrogens with zero attached hydrogens (tertiary/aromatic N) is 1. The van der Waals surface area contributed by atoms with Gasteiger partial charge in [-0.15, -0.1) is 0 Å². The van der Waals surface area contributed by atoms with Crippen LogP contribution >= 0.6 is 0 Å². The van der Waals surface area contributed by atoms with Crippen LogP contribution in [0.25, 0.3) is 0 Å². The molecule has 11 heavy (non-hydrogen) atoms. The van der Waals surface area contributed by atoms with Crippen molar-refractivity contribution in [1.29, 1.82) is 0 Å². The van der Waals surface area contributed by atoms with Crippen LogP contribution in [0, 0.1) is 17.8 Å². The third-order valence-electron chi connectivity index (χ3n) is 1.89. The van der Waals surface area contributed by atoms with Crippen molar-refractivity contribution in [2.75, 3.05) is 0 Å². The van der Waals surface area contributed by atoms with Crippen molar-refractivity contribution in [2.24, 2.45) is 28.6 Å². The molecule has 0 aliphatic rings. The van der Waals surface area contributed by atoms with Gasteiger partial charge in [0.15, 0.2) is 0 Å². The lowest BCUT2D eigenvalue weighted by atomic mass is 9.85. The van der Waals surface area contributed by atoms with Crippen molar-refractivity contribution in [3.05, 3.63) is 0 Å². The van der Waals surface area contributed by atoms with Crippen LogP contribution < -0.4 is 5.73 Å². The van der Waals surface area contributed by atoms with Gasteiger partial charge in [-0.1, -0.05) is 32.9 Å². The fourth-order valence-corrected chi connectivity index (χ4v) is 1.52. The van der Waals surface area contributed by atoms with Gasteiger partial charge in [-0.25, -0.2) is 0 Å². The Morgan fingerprint density at radius 1 is 1.18 bits per heavy atom. The third kappa shape index (κ3) is 2.78. The average Bonchev–Trinajstić information content (AvgIpc) is 1.85. The summed E-state index contributed by atoms with van der Waals surface area (Å²) in [5.74, 6) is 1.37. The predicted octanol–water partition coefficient (Wildman–Crippen LogP) is 1.66. The largest absolute Gasteiger partial charge is 0.409 e. The van der Waals surface area contributed by atoms with Gasteiger partial charge in [0, 0.05) is 5.92 Å². The van der Waals surface area contributed by atoms with E-state index in [-0.39, 0.29) is 5.92 Å². The molecule has 0 aliphatic carbocycles. The summed E-state index contributed by atoms with van der Waals surface area (Å²) in [6, 6.07) is 0. The maximum absolute atomic E-state index is 8.47. The highest BCUT2D eigenvalue weighted by atomic mass is 16.4. The molecule has 0 fully saturated rings. The summed E-state index contributed by atoms with van der Waals surface area (Å²) in [5.41, 5.74) is 5.52. The summed E-state index contributed by atoms with van der Waals surface area (Å²) in [4.78, 5) is 0. The summed E-state index contributed by atoms with van der Waals surface area (Å²) in [6.45, 7) is 8.29. The smallest absolute Gasteiger partial charge is 0.142 e. The molecule has 0 saturated heterocycles. The maximum Gasteiger partial charge on any atom is 0.142 e. The van der Waals surface area contributed by atoms with Gasteiger partial charge in [-0.3, -0.25) is 0 Å². The summed E-state index contributed by atoms with van der Waals surface area (Å²) in [7, 11) is 0. The van der Waals surface area contributed by atoms with Crippen molar-refractivity contribution in [2.45, 2.75) is 27.7 Å². The Labute approximate surface area is 68.3 Å². The predicted molar refractivity (Wildman–Crippen MR) is 46.6 cm³/mol. The van der Waals surface area contributed by atoms with E-state index in [1.54, 1.807) is 0 Å². The minimum absolute atomic E-state index is 0.181. The molecule has 0 amide bonds. The molecule has 66 valence electrons. The fraction of sp³-hybridized carbons (Fsp3) is 0.875. The molecule has 3 nitrogen and oxygen atoms in total. The topological polar surface area (TPSA) is 58.6 Å². The molecule has 3 heteroatoms. The van der Waals surface area contributed by atoms with Crippen molar-refractivity contribution in [3.63, 3.8) is 0 Å². The van der Waals surface area contributed by atoms with Gasteiger partial charge in [0.25, 0.3) is 0 Å². The van der Waals surface area contributed by atoms with E-state index in [0.29, 0.717) is 17.7 Å². The standard InChI is InChI=1S/C8H18N2O/c1-5(2)7(6(3)4)8(9)10-11/h5-7,11H,1-4H3,(H2,9,10). The molecule has 0 aromatic carbocycles. The quantitative estimate of drug-likeness (QED) is 0.284. The molecule has 0 aromatic heterocycles. The Balaban J connectivity index is 4.35. The van der Waals surface area contributed by atoms with Gasteiger partial charge in [-0.05, 0) is 11.8 Å². The maximum atomic E-state index is 8.47. The first-order valence-electron chi connectivity index (χ1n) is 3.98. The van der Waals surface area contributed by atoms with E-state index in [2.05, 4.69) is 32.9 Å². The van der Waals surface area contributed by atoms with Crippen molar-refractivity contribution < 1.29 is 5.21 Å². The second kappa shape index (κ2) is 4.21. The number of hydrogen-bond donors (Lipinski definition) is 2. The molecule has 0 bridgehead atoms. The van der Waals surface area contributed by atoms with Gasteiger partial charge in [0.1, 0.15) is 5.84 Å². The summed E-state index contributed by atoms with van der Waals surface area (Å²) in [6.07, 6.45) is 0. The van der Waals surface area contributed by atoms with Crippen LogP contribution in [-0.4, -0.2) is 11.0 Å². The van der Waals surface area contributed by atoms with Gasteiger partial charge in [-0.2, -0.15) is 0 Å². The van der Waals surface area contributed by atoms with E-state index >= 15 is 0 Å². The molecular weight excluding hydrogens is 140 g/mol. The molecule has 0 spiro atoms. The Morgan fingerprint density at radius 3 is 1.64 bits per heavy atom. The van der Waals surface area contributed by atoms with Crippen LogP contribution in [0.15, 0.2) is 5.16 Å². The third-order valence-corrected chi connectivity index (χ3v) is 1.89. The van der Waals surface area contributed by atoms with Crippen molar-refractivity contribution in [3.8, 4) is 0 Å². The van der Waals surface area contributed by atoms with Crippen LogP contribution in [-0.2, 0) is 0 Å². The number of hydrogen-bond acceptors (Lipinski definition) is 2. The van der Waals surface area contributed by atoms with E-state index in [4.69, 9.17) is 10.9 Å². The lowest BCUT2D eigenvalue weighted by Gasteiger charge is -2.22. The second-order valence-electron chi connectivity index (χ2n) is 3.54. The zero-order valence-corrected chi connectivity index (χ0v) is 7.70. The summed E-state index contributed by atoms with van der Waals surface area (Å²) < 4.78 is 0. The molecule has 0 unspecified atom stereocenters. The molecule has 0 atom stereocenters. The Kier molecular flexibility index (Phi) is 3.93. The van der Waals surface area contributed by atoms with Gasteiger partial charge < -0.3 is 10.9 Å². The van der Waals surface area contributed by atoms with Gasteiger partial charge in [0.05, 0.1) is 0 Å². The van der Waals surface area contributed by atoms with E-state index in [9.17, 15) is 0 Å². The van der Waals surface area contributed by atoms with Gasteiger partial charge in [0.2, 0.25) is 0 Å². The minimum atomic E-state index is 0.181. The van der Waals surface area contributed by atoms with Gasteiger partial charge >= 0.3 is 0 Å². The normalized spacial score (nSPS) is 13.5. The number of rotatable bonds is 3. The highest BCUT2D eigenvalue weighted by Gasteiger charge is 2.21. The second-order valence-corrected chi connectivity index (χ2v) is 3.54. The lowest BCUT2D eigenvalue weighted by Crippen LogP contribution is -2.31. The molecule has 0 aromatic rings. The Bertz CT molecular complexity index is 133. The summed E-state index contributed by atoms with van der Waals surface area (Å²) >= 11 is 0. The van der Waals surface area contributed by atoms with E-state index in [0.717, 1.165) is 0 Å². The van der Waals surface area contributed by atoms with Crippen molar-refractivity contribution in [1.82, 2.24) is 0 Å². The number of oxime groups is 1. The molecular formula is C8H18N2O.